The number of aryl methyl sites for hydroxylation is 1. The molecule has 5 heteroatoms. The number of carbonyl (C=O) groups excluding carboxylic acids is 1. The second-order valence-corrected chi connectivity index (χ2v) is 6.24. The molecule has 0 aliphatic heterocycles. The van der Waals surface area contributed by atoms with Gasteiger partial charge in [-0.2, -0.15) is 0 Å². The van der Waals surface area contributed by atoms with Crippen molar-refractivity contribution in [3.8, 4) is 11.5 Å². The van der Waals surface area contributed by atoms with Crippen LogP contribution in [0.3, 0.4) is 0 Å². The Balaban J connectivity index is 1.90. The Bertz CT molecular complexity index is 886. The predicted octanol–water partition coefficient (Wildman–Crippen LogP) is 5.59. The fraction of sp³-hybridized carbons (Fsp3) is 0.263. The first-order valence-corrected chi connectivity index (χ1v) is 8.41. The summed E-state index contributed by atoms with van der Waals surface area (Å²) in [4.78, 5) is 16.4. The van der Waals surface area contributed by atoms with E-state index >= 15 is 0 Å². The van der Waals surface area contributed by atoms with Gasteiger partial charge in [0.1, 0.15) is 5.52 Å². The zero-order valence-electron chi connectivity index (χ0n) is 13.7. The minimum atomic E-state index is -0.0379. The maximum atomic E-state index is 11.9. The summed E-state index contributed by atoms with van der Waals surface area (Å²) in [7, 11) is 0. The number of fused-ring (bicyclic) bond motifs is 1. The summed E-state index contributed by atoms with van der Waals surface area (Å²) in [6.45, 7) is 4.06. The molecule has 4 nitrogen and oxygen atoms in total. The van der Waals surface area contributed by atoms with E-state index < -0.39 is 0 Å². The highest BCUT2D eigenvalue weighted by Crippen LogP contribution is 2.30. The SMILES string of the molecule is CCCCC(=O)Nc1cc(-c2nc3ccc(C)cc3o2)ccc1Cl. The number of hydrogen-bond donors (Lipinski definition) is 1. The molecule has 0 radical (unpaired) electrons. The summed E-state index contributed by atoms with van der Waals surface area (Å²) < 4.78 is 5.83. The lowest BCUT2D eigenvalue weighted by atomic mass is 10.2. The topological polar surface area (TPSA) is 55.1 Å². The number of oxazole rings is 1. The van der Waals surface area contributed by atoms with Gasteiger partial charge in [0.05, 0.1) is 10.7 Å². The van der Waals surface area contributed by atoms with Gasteiger partial charge in [0, 0.05) is 12.0 Å². The Morgan fingerprint density at radius 3 is 2.88 bits per heavy atom. The van der Waals surface area contributed by atoms with Crippen molar-refractivity contribution >= 4 is 34.3 Å². The van der Waals surface area contributed by atoms with Gasteiger partial charge < -0.3 is 9.73 Å². The lowest BCUT2D eigenvalue weighted by Crippen LogP contribution is -2.11. The monoisotopic (exact) mass is 342 g/mol. The molecule has 0 spiro atoms. The van der Waals surface area contributed by atoms with E-state index in [9.17, 15) is 4.79 Å². The van der Waals surface area contributed by atoms with Crippen molar-refractivity contribution in [1.82, 2.24) is 4.98 Å². The van der Waals surface area contributed by atoms with Crippen molar-refractivity contribution in [3.63, 3.8) is 0 Å². The van der Waals surface area contributed by atoms with Crippen molar-refractivity contribution in [2.45, 2.75) is 33.1 Å². The predicted molar refractivity (Wildman–Crippen MR) is 97.3 cm³/mol. The number of carbonyl (C=O) groups is 1. The summed E-state index contributed by atoms with van der Waals surface area (Å²) in [5.41, 5.74) is 4.02. The Hall–Kier alpha value is -2.33. The zero-order chi connectivity index (χ0) is 17.1. The molecular formula is C19H19ClN2O2. The highest BCUT2D eigenvalue weighted by atomic mass is 35.5. The van der Waals surface area contributed by atoms with Gasteiger partial charge in [-0.25, -0.2) is 4.98 Å². The van der Waals surface area contributed by atoms with Crippen LogP contribution in [0.25, 0.3) is 22.6 Å². The van der Waals surface area contributed by atoms with E-state index in [1.165, 1.54) is 0 Å². The molecule has 0 atom stereocenters. The van der Waals surface area contributed by atoms with Gasteiger partial charge in [0.15, 0.2) is 5.58 Å². The van der Waals surface area contributed by atoms with E-state index in [0.29, 0.717) is 23.0 Å². The number of nitrogens with zero attached hydrogens (tertiary/aromatic N) is 1. The first-order chi connectivity index (χ1) is 11.6. The first kappa shape index (κ1) is 16.5. The molecule has 124 valence electrons. The standard InChI is InChI=1S/C19H19ClN2O2/c1-3-4-5-18(23)21-16-11-13(7-8-14(16)20)19-22-15-9-6-12(2)10-17(15)24-19/h6-11H,3-5H2,1-2H3,(H,21,23). The number of aromatic nitrogens is 1. The maximum absolute atomic E-state index is 11.9. The van der Waals surface area contributed by atoms with E-state index in [2.05, 4.69) is 17.2 Å². The normalized spacial score (nSPS) is 11.0. The van der Waals surface area contributed by atoms with Crippen LogP contribution in [-0.4, -0.2) is 10.9 Å². The molecular weight excluding hydrogens is 324 g/mol. The number of hydrogen-bond acceptors (Lipinski definition) is 3. The Labute approximate surface area is 145 Å². The smallest absolute Gasteiger partial charge is 0.227 e. The van der Waals surface area contributed by atoms with E-state index in [1.807, 2.05) is 31.2 Å². The van der Waals surface area contributed by atoms with Crippen LogP contribution in [0.5, 0.6) is 0 Å². The maximum Gasteiger partial charge on any atom is 0.227 e. The molecule has 1 aromatic heterocycles. The Morgan fingerprint density at radius 2 is 2.08 bits per heavy atom. The molecule has 0 aliphatic carbocycles. The van der Waals surface area contributed by atoms with Crippen LogP contribution < -0.4 is 5.32 Å². The van der Waals surface area contributed by atoms with Crippen LogP contribution in [0.2, 0.25) is 5.02 Å². The number of nitrogens with one attached hydrogen (secondary N) is 1. The molecule has 1 heterocycles. The Morgan fingerprint density at radius 1 is 1.25 bits per heavy atom. The van der Waals surface area contributed by atoms with E-state index in [-0.39, 0.29) is 5.91 Å². The van der Waals surface area contributed by atoms with Gasteiger partial charge in [-0.1, -0.05) is 31.0 Å². The largest absolute Gasteiger partial charge is 0.436 e. The van der Waals surface area contributed by atoms with E-state index in [1.54, 1.807) is 12.1 Å². The van der Waals surface area contributed by atoms with Crippen LogP contribution in [0, 0.1) is 6.92 Å². The van der Waals surface area contributed by atoms with Crippen molar-refractivity contribution in [1.29, 1.82) is 0 Å². The summed E-state index contributed by atoms with van der Waals surface area (Å²) in [5, 5.41) is 3.35. The molecule has 3 rings (SSSR count). The zero-order valence-corrected chi connectivity index (χ0v) is 14.5. The molecule has 2 aromatic carbocycles. The highest BCUT2D eigenvalue weighted by Gasteiger charge is 2.12. The third-order valence-corrected chi connectivity index (χ3v) is 4.12. The second-order valence-electron chi connectivity index (χ2n) is 5.84. The summed E-state index contributed by atoms with van der Waals surface area (Å²) in [5.74, 6) is 0.473. The van der Waals surface area contributed by atoms with Crippen molar-refractivity contribution in [2.24, 2.45) is 0 Å². The average molecular weight is 343 g/mol. The lowest BCUT2D eigenvalue weighted by molar-refractivity contribution is -0.116. The first-order valence-electron chi connectivity index (χ1n) is 8.04. The van der Waals surface area contributed by atoms with Crippen molar-refractivity contribution < 1.29 is 9.21 Å². The third-order valence-electron chi connectivity index (χ3n) is 3.79. The molecule has 0 bridgehead atoms. The van der Waals surface area contributed by atoms with E-state index in [4.69, 9.17) is 16.0 Å². The van der Waals surface area contributed by atoms with Gasteiger partial charge in [0.25, 0.3) is 0 Å². The van der Waals surface area contributed by atoms with Crippen LogP contribution in [0.1, 0.15) is 31.7 Å². The van der Waals surface area contributed by atoms with Gasteiger partial charge in [-0.05, 0) is 49.2 Å². The molecule has 0 saturated heterocycles. The number of unbranched alkanes of at least 4 members (excludes halogenated alkanes) is 1. The molecule has 0 aliphatic rings. The van der Waals surface area contributed by atoms with Crippen LogP contribution >= 0.6 is 11.6 Å². The van der Waals surface area contributed by atoms with E-state index in [0.717, 1.165) is 35.1 Å². The number of benzene rings is 2. The molecule has 1 N–H and O–H groups in total. The lowest BCUT2D eigenvalue weighted by Gasteiger charge is -2.08. The quantitative estimate of drug-likeness (QED) is 0.658. The minimum absolute atomic E-state index is 0.0379. The van der Waals surface area contributed by atoms with Gasteiger partial charge in [0.2, 0.25) is 11.8 Å². The number of amides is 1. The molecule has 1 amide bonds. The van der Waals surface area contributed by atoms with Gasteiger partial charge in [-0.15, -0.1) is 0 Å². The Kier molecular flexibility index (Phi) is 4.86. The number of anilines is 1. The fourth-order valence-electron chi connectivity index (χ4n) is 2.46. The molecule has 0 saturated carbocycles. The van der Waals surface area contributed by atoms with Crippen molar-refractivity contribution in [2.75, 3.05) is 5.32 Å². The van der Waals surface area contributed by atoms with Crippen molar-refractivity contribution in [3.05, 3.63) is 47.0 Å². The van der Waals surface area contributed by atoms with Gasteiger partial charge in [-0.3, -0.25) is 4.79 Å². The van der Waals surface area contributed by atoms with Crippen LogP contribution in [-0.2, 0) is 4.79 Å². The van der Waals surface area contributed by atoms with Crippen LogP contribution in [0.4, 0.5) is 5.69 Å². The summed E-state index contributed by atoms with van der Waals surface area (Å²) in [6, 6.07) is 11.3. The molecule has 24 heavy (non-hydrogen) atoms. The average Bonchev–Trinajstić information content (AvgIpc) is 2.98. The molecule has 3 aromatic rings. The summed E-state index contributed by atoms with van der Waals surface area (Å²) >= 11 is 6.20. The minimum Gasteiger partial charge on any atom is -0.436 e. The molecule has 0 unspecified atom stereocenters. The third kappa shape index (κ3) is 3.60. The number of halogens is 1. The second kappa shape index (κ2) is 7.05. The van der Waals surface area contributed by atoms with Gasteiger partial charge >= 0.3 is 0 Å². The highest BCUT2D eigenvalue weighted by molar-refractivity contribution is 6.33. The summed E-state index contributed by atoms with van der Waals surface area (Å²) in [6.07, 6.45) is 2.32. The number of rotatable bonds is 5. The molecule has 0 fully saturated rings. The van der Waals surface area contributed by atoms with Crippen LogP contribution in [0.15, 0.2) is 40.8 Å². The fourth-order valence-corrected chi connectivity index (χ4v) is 2.62.